The highest BCUT2D eigenvalue weighted by Gasteiger charge is 2.16. The summed E-state index contributed by atoms with van der Waals surface area (Å²) in [5.41, 5.74) is 7.09. The first kappa shape index (κ1) is 19.5. The summed E-state index contributed by atoms with van der Waals surface area (Å²) in [6, 6.07) is 8.09. The fourth-order valence-corrected chi connectivity index (χ4v) is 2.63. The van der Waals surface area contributed by atoms with E-state index in [0.29, 0.717) is 39.8 Å². The number of Topliss-reactive ketones (excluding diaryl/α,β-unsaturated/α-hetero) is 1. The van der Waals surface area contributed by atoms with Gasteiger partial charge < -0.3 is 24.7 Å². The van der Waals surface area contributed by atoms with E-state index in [2.05, 4.69) is 0 Å². The molecular weight excluding hydrogens is 358 g/mol. The largest absolute Gasteiger partial charge is 0.497 e. The second-order valence-corrected chi connectivity index (χ2v) is 5.64. The van der Waals surface area contributed by atoms with Crippen molar-refractivity contribution in [2.45, 2.75) is 0 Å². The van der Waals surface area contributed by atoms with Crippen LogP contribution in [0.2, 0.25) is 0 Å². The molecule has 2 rings (SSSR count). The standard InChI is InChI=1S/C19H20ClNO5/c1-23-13-7-12(19(26-4)17(10-13)25-3)8-14(20)18(22)11-5-6-16(24-2)15(21)9-11/h5-10H,21H2,1-4H3/b14-8+. The van der Waals surface area contributed by atoms with Crippen LogP contribution in [0.4, 0.5) is 5.69 Å². The summed E-state index contributed by atoms with van der Waals surface area (Å²) in [5.74, 6) is 1.54. The molecule has 26 heavy (non-hydrogen) atoms. The number of anilines is 1. The minimum Gasteiger partial charge on any atom is -0.497 e. The number of methoxy groups -OCH3 is 4. The number of halogens is 1. The molecule has 0 heterocycles. The van der Waals surface area contributed by atoms with E-state index in [1.54, 1.807) is 24.3 Å². The van der Waals surface area contributed by atoms with Gasteiger partial charge in [0.1, 0.15) is 11.5 Å². The molecule has 0 atom stereocenters. The predicted molar refractivity (Wildman–Crippen MR) is 102 cm³/mol. The van der Waals surface area contributed by atoms with E-state index < -0.39 is 0 Å². The maximum absolute atomic E-state index is 12.6. The van der Waals surface area contributed by atoms with E-state index in [0.717, 1.165) is 0 Å². The minimum atomic E-state index is -0.384. The van der Waals surface area contributed by atoms with Crippen molar-refractivity contribution in [2.75, 3.05) is 34.2 Å². The molecule has 7 heteroatoms. The zero-order valence-corrected chi connectivity index (χ0v) is 15.7. The van der Waals surface area contributed by atoms with Gasteiger partial charge in [0.25, 0.3) is 0 Å². The Bertz CT molecular complexity index is 848. The number of benzene rings is 2. The Morgan fingerprint density at radius 1 is 0.962 bits per heavy atom. The van der Waals surface area contributed by atoms with Crippen molar-refractivity contribution in [1.29, 1.82) is 0 Å². The Hall–Kier alpha value is -2.86. The van der Waals surface area contributed by atoms with Crippen LogP contribution in [0.5, 0.6) is 23.0 Å². The van der Waals surface area contributed by atoms with Crippen molar-refractivity contribution < 1.29 is 23.7 Å². The third-order valence-electron chi connectivity index (χ3n) is 3.71. The molecule has 0 saturated heterocycles. The van der Waals surface area contributed by atoms with Crippen molar-refractivity contribution in [3.8, 4) is 23.0 Å². The summed E-state index contributed by atoms with van der Waals surface area (Å²) < 4.78 is 21.0. The molecule has 6 nitrogen and oxygen atoms in total. The van der Waals surface area contributed by atoms with Gasteiger partial charge >= 0.3 is 0 Å². The van der Waals surface area contributed by atoms with Crippen molar-refractivity contribution in [3.63, 3.8) is 0 Å². The lowest BCUT2D eigenvalue weighted by atomic mass is 10.1. The summed E-state index contributed by atoms with van der Waals surface area (Å²) in [7, 11) is 6.05. The number of carbonyl (C=O) groups is 1. The van der Waals surface area contributed by atoms with Crippen LogP contribution in [0, 0.1) is 0 Å². The van der Waals surface area contributed by atoms with Gasteiger partial charge in [-0.05, 0) is 30.3 Å². The van der Waals surface area contributed by atoms with Crippen LogP contribution in [0.15, 0.2) is 35.4 Å². The number of hydrogen-bond donors (Lipinski definition) is 1. The molecule has 0 aliphatic carbocycles. The van der Waals surface area contributed by atoms with Crippen LogP contribution in [-0.2, 0) is 0 Å². The van der Waals surface area contributed by atoms with Crippen molar-refractivity contribution in [1.82, 2.24) is 0 Å². The first-order valence-corrected chi connectivity index (χ1v) is 7.98. The summed E-state index contributed by atoms with van der Waals surface area (Å²) in [4.78, 5) is 12.6. The molecule has 2 aromatic rings. The SMILES string of the molecule is COc1cc(/C=C(/Cl)C(=O)c2ccc(OC)c(N)c2)c(OC)c(OC)c1. The average Bonchev–Trinajstić information content (AvgIpc) is 2.66. The molecule has 2 N–H and O–H groups in total. The Morgan fingerprint density at radius 2 is 1.65 bits per heavy atom. The van der Waals surface area contributed by atoms with E-state index >= 15 is 0 Å². The highest BCUT2D eigenvalue weighted by molar-refractivity contribution is 6.47. The molecule has 0 fully saturated rings. The topological polar surface area (TPSA) is 80.0 Å². The number of carbonyl (C=O) groups excluding carboxylic acids is 1. The van der Waals surface area contributed by atoms with Gasteiger partial charge in [0.15, 0.2) is 11.5 Å². The highest BCUT2D eigenvalue weighted by atomic mass is 35.5. The molecule has 0 saturated carbocycles. The van der Waals surface area contributed by atoms with Crippen LogP contribution < -0.4 is 24.7 Å². The third kappa shape index (κ3) is 4.03. The molecule has 0 amide bonds. The molecule has 0 radical (unpaired) electrons. The first-order chi connectivity index (χ1) is 12.4. The number of rotatable bonds is 7. The molecule has 2 aromatic carbocycles. The Morgan fingerprint density at radius 3 is 2.19 bits per heavy atom. The number of nitrogen functional groups attached to an aromatic ring is 1. The maximum atomic E-state index is 12.6. The van der Waals surface area contributed by atoms with E-state index in [-0.39, 0.29) is 10.8 Å². The molecule has 0 aliphatic heterocycles. The minimum absolute atomic E-state index is 0.0110. The quantitative estimate of drug-likeness (QED) is 0.449. The van der Waals surface area contributed by atoms with Crippen molar-refractivity contribution in [3.05, 3.63) is 46.5 Å². The fraction of sp³-hybridized carbons (Fsp3) is 0.211. The number of ketones is 1. The van der Waals surface area contributed by atoms with Gasteiger partial charge in [-0.2, -0.15) is 0 Å². The van der Waals surface area contributed by atoms with Gasteiger partial charge in [-0.1, -0.05) is 11.6 Å². The Balaban J connectivity index is 2.45. The third-order valence-corrected chi connectivity index (χ3v) is 3.99. The van der Waals surface area contributed by atoms with Crippen LogP contribution >= 0.6 is 11.6 Å². The summed E-state index contributed by atoms with van der Waals surface area (Å²) >= 11 is 6.25. The smallest absolute Gasteiger partial charge is 0.204 e. The van der Waals surface area contributed by atoms with E-state index in [4.69, 9.17) is 36.3 Å². The number of hydrogen-bond acceptors (Lipinski definition) is 6. The fourth-order valence-electron chi connectivity index (χ4n) is 2.41. The number of ether oxygens (including phenoxy) is 4. The molecule has 0 bridgehead atoms. The number of allylic oxidation sites excluding steroid dienone is 1. The predicted octanol–water partition coefficient (Wildman–Crippen LogP) is 3.77. The van der Waals surface area contributed by atoms with Crippen LogP contribution in [0.1, 0.15) is 15.9 Å². The normalized spacial score (nSPS) is 11.0. The lowest BCUT2D eigenvalue weighted by Crippen LogP contribution is -2.02. The van der Waals surface area contributed by atoms with E-state index in [1.165, 1.54) is 40.6 Å². The van der Waals surface area contributed by atoms with Gasteiger partial charge in [0, 0.05) is 17.2 Å². The van der Waals surface area contributed by atoms with Gasteiger partial charge in [0.2, 0.25) is 5.78 Å². The maximum Gasteiger partial charge on any atom is 0.204 e. The molecule has 0 aromatic heterocycles. The molecular formula is C19H20ClNO5. The zero-order valence-electron chi connectivity index (χ0n) is 15.0. The molecule has 138 valence electrons. The van der Waals surface area contributed by atoms with Gasteiger partial charge in [-0.3, -0.25) is 4.79 Å². The van der Waals surface area contributed by atoms with Crippen LogP contribution in [0.25, 0.3) is 6.08 Å². The summed E-state index contributed by atoms with van der Waals surface area (Å²) in [6.45, 7) is 0. The Labute approximate surface area is 157 Å². The number of nitrogens with two attached hydrogens (primary N) is 1. The second kappa shape index (κ2) is 8.49. The molecule has 0 unspecified atom stereocenters. The van der Waals surface area contributed by atoms with Crippen LogP contribution in [-0.4, -0.2) is 34.2 Å². The zero-order chi connectivity index (χ0) is 19.3. The Kier molecular flexibility index (Phi) is 6.36. The first-order valence-electron chi connectivity index (χ1n) is 7.60. The van der Waals surface area contributed by atoms with Gasteiger partial charge in [-0.25, -0.2) is 0 Å². The monoisotopic (exact) mass is 377 g/mol. The summed E-state index contributed by atoms with van der Waals surface area (Å²) in [5, 5.41) is -0.0110. The van der Waals surface area contributed by atoms with Gasteiger partial charge in [0.05, 0.1) is 39.2 Å². The van der Waals surface area contributed by atoms with Crippen molar-refractivity contribution >= 4 is 29.1 Å². The van der Waals surface area contributed by atoms with Crippen molar-refractivity contribution in [2.24, 2.45) is 0 Å². The average molecular weight is 378 g/mol. The second-order valence-electron chi connectivity index (χ2n) is 5.23. The van der Waals surface area contributed by atoms with Crippen LogP contribution in [0.3, 0.4) is 0 Å². The van der Waals surface area contributed by atoms with E-state index in [1.807, 2.05) is 0 Å². The lowest BCUT2D eigenvalue weighted by molar-refractivity contribution is 0.104. The highest BCUT2D eigenvalue weighted by Crippen LogP contribution is 2.37. The molecule has 0 spiro atoms. The van der Waals surface area contributed by atoms with E-state index in [9.17, 15) is 4.79 Å². The lowest BCUT2D eigenvalue weighted by Gasteiger charge is -2.13. The molecule has 0 aliphatic rings. The summed E-state index contributed by atoms with van der Waals surface area (Å²) in [6.07, 6.45) is 1.49. The van der Waals surface area contributed by atoms with Gasteiger partial charge in [-0.15, -0.1) is 0 Å².